The van der Waals surface area contributed by atoms with E-state index in [1.165, 1.54) is 11.8 Å². The summed E-state index contributed by atoms with van der Waals surface area (Å²) in [6.07, 6.45) is 0. The van der Waals surface area contributed by atoms with E-state index in [1.54, 1.807) is 11.7 Å². The zero-order valence-corrected chi connectivity index (χ0v) is 11.9. The number of hydrogen-bond donors (Lipinski definition) is 0. The number of halogens is 2. The Bertz CT molecular complexity index is 569. The standard InChI is InChI=1S/C12H10Cl2N2OS/c1-16-12(9(11(14)17)10(13)15-16)18-7-8-5-3-2-4-6-8/h2-6H,7H2,1H3. The molecule has 0 aliphatic carbocycles. The van der Waals surface area contributed by atoms with Crippen LogP contribution in [0.1, 0.15) is 15.9 Å². The molecule has 94 valence electrons. The first-order chi connectivity index (χ1) is 8.59. The van der Waals surface area contributed by atoms with Gasteiger partial charge in [0.05, 0.1) is 0 Å². The van der Waals surface area contributed by atoms with Crippen molar-refractivity contribution in [2.75, 3.05) is 0 Å². The monoisotopic (exact) mass is 300 g/mol. The molecule has 0 atom stereocenters. The second kappa shape index (κ2) is 5.78. The van der Waals surface area contributed by atoms with Gasteiger partial charge in [0.25, 0.3) is 5.24 Å². The van der Waals surface area contributed by atoms with E-state index in [-0.39, 0.29) is 10.7 Å². The van der Waals surface area contributed by atoms with Crippen molar-refractivity contribution in [3.05, 3.63) is 46.6 Å². The minimum Gasteiger partial charge on any atom is -0.275 e. The van der Waals surface area contributed by atoms with Gasteiger partial charge < -0.3 is 0 Å². The van der Waals surface area contributed by atoms with Crippen LogP contribution in [0.15, 0.2) is 35.4 Å². The summed E-state index contributed by atoms with van der Waals surface area (Å²) < 4.78 is 1.57. The highest BCUT2D eigenvalue weighted by atomic mass is 35.5. The molecule has 2 aromatic rings. The number of nitrogens with zero attached hydrogens (tertiary/aromatic N) is 2. The van der Waals surface area contributed by atoms with Gasteiger partial charge >= 0.3 is 0 Å². The van der Waals surface area contributed by atoms with E-state index in [9.17, 15) is 4.79 Å². The molecule has 0 saturated heterocycles. The van der Waals surface area contributed by atoms with Gasteiger partial charge in [-0.05, 0) is 17.2 Å². The van der Waals surface area contributed by atoms with Crippen molar-refractivity contribution in [2.24, 2.45) is 7.05 Å². The van der Waals surface area contributed by atoms with Gasteiger partial charge in [0.2, 0.25) is 0 Å². The predicted octanol–water partition coefficient (Wildman–Crippen LogP) is 3.74. The Balaban J connectivity index is 2.22. The molecule has 2 rings (SSSR count). The number of aromatic nitrogens is 2. The van der Waals surface area contributed by atoms with Crippen molar-refractivity contribution in [3.8, 4) is 0 Å². The summed E-state index contributed by atoms with van der Waals surface area (Å²) in [5.74, 6) is 0.730. The molecule has 0 unspecified atom stereocenters. The van der Waals surface area contributed by atoms with Crippen molar-refractivity contribution in [3.63, 3.8) is 0 Å². The molecule has 0 amide bonds. The molecule has 1 aromatic carbocycles. The summed E-state index contributed by atoms with van der Waals surface area (Å²) >= 11 is 12.9. The predicted molar refractivity (Wildman–Crippen MR) is 74.4 cm³/mol. The molecule has 0 spiro atoms. The zero-order valence-electron chi connectivity index (χ0n) is 9.56. The minimum absolute atomic E-state index is 0.146. The first kappa shape index (κ1) is 13.5. The third-order valence-electron chi connectivity index (χ3n) is 2.37. The minimum atomic E-state index is -0.580. The molecule has 1 aromatic heterocycles. The Kier molecular flexibility index (Phi) is 4.32. The number of thioether (sulfide) groups is 1. The van der Waals surface area contributed by atoms with Crippen LogP contribution in [0.3, 0.4) is 0 Å². The van der Waals surface area contributed by atoms with Gasteiger partial charge in [0.1, 0.15) is 10.6 Å². The zero-order chi connectivity index (χ0) is 13.1. The summed E-state index contributed by atoms with van der Waals surface area (Å²) in [6, 6.07) is 9.95. The summed E-state index contributed by atoms with van der Waals surface area (Å²) in [7, 11) is 1.74. The summed E-state index contributed by atoms with van der Waals surface area (Å²) in [6.45, 7) is 0. The fourth-order valence-corrected chi connectivity index (χ4v) is 3.22. The van der Waals surface area contributed by atoms with Crippen molar-refractivity contribution < 1.29 is 4.79 Å². The molecule has 1 heterocycles. The van der Waals surface area contributed by atoms with E-state index in [0.717, 1.165) is 11.3 Å². The van der Waals surface area contributed by atoms with Crippen molar-refractivity contribution >= 4 is 40.2 Å². The van der Waals surface area contributed by atoms with E-state index < -0.39 is 5.24 Å². The van der Waals surface area contributed by atoms with Crippen molar-refractivity contribution in [1.29, 1.82) is 0 Å². The van der Waals surface area contributed by atoms with Crippen LogP contribution in [0.25, 0.3) is 0 Å². The van der Waals surface area contributed by atoms with Crippen LogP contribution in [-0.4, -0.2) is 15.0 Å². The average molecular weight is 301 g/mol. The van der Waals surface area contributed by atoms with Crippen LogP contribution in [0.2, 0.25) is 5.15 Å². The smallest absolute Gasteiger partial charge is 0.258 e. The fraction of sp³-hybridized carbons (Fsp3) is 0.167. The SMILES string of the molecule is Cn1nc(Cl)c(C(=O)Cl)c1SCc1ccccc1. The maximum Gasteiger partial charge on any atom is 0.258 e. The van der Waals surface area contributed by atoms with E-state index >= 15 is 0 Å². The second-order valence-electron chi connectivity index (χ2n) is 3.64. The third kappa shape index (κ3) is 2.88. The van der Waals surface area contributed by atoms with Gasteiger partial charge in [0, 0.05) is 12.8 Å². The third-order valence-corrected chi connectivity index (χ3v) is 4.04. The lowest BCUT2D eigenvalue weighted by Crippen LogP contribution is -1.96. The largest absolute Gasteiger partial charge is 0.275 e. The molecule has 0 N–H and O–H groups in total. The van der Waals surface area contributed by atoms with Crippen LogP contribution in [0.4, 0.5) is 0 Å². The maximum atomic E-state index is 11.3. The first-order valence-electron chi connectivity index (χ1n) is 5.18. The molecule has 0 fully saturated rings. The molecule has 0 bridgehead atoms. The molecule has 0 aliphatic rings. The van der Waals surface area contributed by atoms with E-state index in [4.69, 9.17) is 23.2 Å². The molecule has 0 radical (unpaired) electrons. The normalized spacial score (nSPS) is 10.6. The Morgan fingerprint density at radius 3 is 2.67 bits per heavy atom. The van der Waals surface area contributed by atoms with Gasteiger partial charge in [-0.1, -0.05) is 41.9 Å². The molecular formula is C12H10Cl2N2OS. The Labute approximate surface area is 119 Å². The highest BCUT2D eigenvalue weighted by molar-refractivity contribution is 7.98. The number of carbonyl (C=O) groups excluding carboxylic acids is 1. The lowest BCUT2D eigenvalue weighted by Gasteiger charge is -2.03. The van der Waals surface area contributed by atoms with Crippen LogP contribution in [0.5, 0.6) is 0 Å². The first-order valence-corrected chi connectivity index (χ1v) is 6.93. The molecule has 6 heteroatoms. The van der Waals surface area contributed by atoms with E-state index in [2.05, 4.69) is 5.10 Å². The number of carbonyl (C=O) groups is 1. The molecule has 0 aliphatic heterocycles. The highest BCUT2D eigenvalue weighted by Gasteiger charge is 2.20. The Hall–Kier alpha value is -0.970. The summed E-state index contributed by atoms with van der Waals surface area (Å²) in [5.41, 5.74) is 1.44. The lowest BCUT2D eigenvalue weighted by molar-refractivity contribution is 0.107. The van der Waals surface area contributed by atoms with Crippen LogP contribution >= 0.6 is 35.0 Å². The van der Waals surface area contributed by atoms with Crippen LogP contribution in [-0.2, 0) is 12.8 Å². The number of aryl methyl sites for hydroxylation is 1. The second-order valence-corrected chi connectivity index (χ2v) is 5.31. The quantitative estimate of drug-likeness (QED) is 0.637. The topological polar surface area (TPSA) is 34.9 Å². The number of hydrogen-bond acceptors (Lipinski definition) is 3. The van der Waals surface area contributed by atoms with Gasteiger partial charge in [-0.25, -0.2) is 0 Å². The lowest BCUT2D eigenvalue weighted by atomic mass is 10.2. The summed E-state index contributed by atoms with van der Waals surface area (Å²) in [4.78, 5) is 11.3. The maximum absolute atomic E-state index is 11.3. The van der Waals surface area contributed by atoms with E-state index in [0.29, 0.717) is 5.03 Å². The molecule has 18 heavy (non-hydrogen) atoms. The fourth-order valence-electron chi connectivity index (χ4n) is 1.53. The highest BCUT2D eigenvalue weighted by Crippen LogP contribution is 2.31. The molecule has 0 saturated carbocycles. The van der Waals surface area contributed by atoms with Crippen molar-refractivity contribution in [1.82, 2.24) is 9.78 Å². The number of benzene rings is 1. The van der Waals surface area contributed by atoms with Gasteiger partial charge in [0.15, 0.2) is 5.15 Å². The number of rotatable bonds is 4. The average Bonchev–Trinajstić information content (AvgIpc) is 2.62. The Morgan fingerprint density at radius 1 is 1.39 bits per heavy atom. The van der Waals surface area contributed by atoms with Crippen LogP contribution < -0.4 is 0 Å². The van der Waals surface area contributed by atoms with Crippen molar-refractivity contribution in [2.45, 2.75) is 10.8 Å². The Morgan fingerprint density at radius 2 is 2.06 bits per heavy atom. The van der Waals surface area contributed by atoms with E-state index in [1.807, 2.05) is 30.3 Å². The van der Waals surface area contributed by atoms with Gasteiger partial charge in [-0.3, -0.25) is 9.48 Å². The van der Waals surface area contributed by atoms with Crippen LogP contribution in [0, 0.1) is 0 Å². The van der Waals surface area contributed by atoms with Gasteiger partial charge in [-0.2, -0.15) is 5.10 Å². The summed E-state index contributed by atoms with van der Waals surface area (Å²) in [5, 5.41) is 4.25. The van der Waals surface area contributed by atoms with Gasteiger partial charge in [-0.15, -0.1) is 11.8 Å². The molecular weight excluding hydrogens is 291 g/mol. The molecule has 3 nitrogen and oxygen atoms in total.